The zero-order chi connectivity index (χ0) is 12.5. The maximum atomic E-state index is 12.3. The average molecular weight is 255 g/mol. The van der Waals surface area contributed by atoms with E-state index in [1.807, 2.05) is 13.8 Å². The SMILES string of the molecule is Cc1ccnc(S(=O)(=O)N2CCN[C@H](C)C2)c1. The van der Waals surface area contributed by atoms with E-state index in [1.54, 1.807) is 12.1 Å². The maximum Gasteiger partial charge on any atom is 0.260 e. The van der Waals surface area contributed by atoms with Gasteiger partial charge in [0.15, 0.2) is 5.03 Å². The minimum Gasteiger partial charge on any atom is -0.312 e. The minimum atomic E-state index is -3.44. The number of hydrogen-bond donors (Lipinski definition) is 1. The van der Waals surface area contributed by atoms with Crippen molar-refractivity contribution in [1.82, 2.24) is 14.6 Å². The van der Waals surface area contributed by atoms with Gasteiger partial charge in [-0.2, -0.15) is 4.31 Å². The fourth-order valence-electron chi connectivity index (χ4n) is 1.90. The van der Waals surface area contributed by atoms with E-state index >= 15 is 0 Å². The van der Waals surface area contributed by atoms with Gasteiger partial charge in [0.05, 0.1) is 0 Å². The lowest BCUT2D eigenvalue weighted by Gasteiger charge is -2.30. The van der Waals surface area contributed by atoms with Gasteiger partial charge in [0.2, 0.25) is 0 Å². The number of aryl methyl sites for hydroxylation is 1. The van der Waals surface area contributed by atoms with E-state index in [0.717, 1.165) is 5.56 Å². The highest BCUT2D eigenvalue weighted by Crippen LogP contribution is 2.15. The molecule has 1 N–H and O–H groups in total. The summed E-state index contributed by atoms with van der Waals surface area (Å²) in [5.41, 5.74) is 0.904. The fraction of sp³-hybridized carbons (Fsp3) is 0.545. The molecule has 1 atom stereocenters. The van der Waals surface area contributed by atoms with Gasteiger partial charge < -0.3 is 5.32 Å². The van der Waals surface area contributed by atoms with Crippen molar-refractivity contribution in [2.24, 2.45) is 0 Å². The summed E-state index contributed by atoms with van der Waals surface area (Å²) in [7, 11) is -3.44. The van der Waals surface area contributed by atoms with Crippen molar-refractivity contribution < 1.29 is 8.42 Å². The van der Waals surface area contributed by atoms with Crippen molar-refractivity contribution in [3.63, 3.8) is 0 Å². The molecule has 5 nitrogen and oxygen atoms in total. The van der Waals surface area contributed by atoms with Gasteiger partial charge >= 0.3 is 0 Å². The van der Waals surface area contributed by atoms with Crippen LogP contribution >= 0.6 is 0 Å². The van der Waals surface area contributed by atoms with Gasteiger partial charge in [0.25, 0.3) is 10.0 Å². The monoisotopic (exact) mass is 255 g/mol. The molecule has 0 aromatic carbocycles. The summed E-state index contributed by atoms with van der Waals surface area (Å²) in [5, 5.41) is 3.37. The number of piperazine rings is 1. The zero-order valence-electron chi connectivity index (χ0n) is 10.0. The molecular weight excluding hydrogens is 238 g/mol. The highest BCUT2D eigenvalue weighted by atomic mass is 32.2. The molecule has 2 heterocycles. The molecule has 0 saturated carbocycles. The van der Waals surface area contributed by atoms with Crippen LogP contribution in [0.1, 0.15) is 12.5 Å². The Labute approximate surface area is 102 Å². The molecule has 1 aromatic heterocycles. The van der Waals surface area contributed by atoms with E-state index in [9.17, 15) is 8.42 Å². The van der Waals surface area contributed by atoms with Crippen LogP contribution in [0.5, 0.6) is 0 Å². The van der Waals surface area contributed by atoms with Crippen LogP contribution in [-0.4, -0.2) is 43.4 Å². The number of rotatable bonds is 2. The van der Waals surface area contributed by atoms with Gasteiger partial charge in [0.1, 0.15) is 0 Å². The molecule has 1 fully saturated rings. The first-order chi connectivity index (χ1) is 8.00. The molecule has 0 radical (unpaired) electrons. The fourth-order valence-corrected chi connectivity index (χ4v) is 3.44. The van der Waals surface area contributed by atoms with Gasteiger partial charge in [-0.1, -0.05) is 0 Å². The quantitative estimate of drug-likeness (QED) is 0.829. The van der Waals surface area contributed by atoms with Crippen LogP contribution in [0.3, 0.4) is 0 Å². The Morgan fingerprint density at radius 2 is 2.29 bits per heavy atom. The van der Waals surface area contributed by atoms with E-state index in [4.69, 9.17) is 0 Å². The Hall–Kier alpha value is -0.980. The summed E-state index contributed by atoms with van der Waals surface area (Å²) in [6.45, 7) is 5.53. The lowest BCUT2D eigenvalue weighted by Crippen LogP contribution is -2.51. The standard InChI is InChI=1S/C11H17N3O2S/c1-9-3-4-13-11(7-9)17(15,16)14-6-5-12-10(2)8-14/h3-4,7,10,12H,5-6,8H2,1-2H3/t10-/m1/s1. The molecule has 1 saturated heterocycles. The van der Waals surface area contributed by atoms with Crippen molar-refractivity contribution in [1.29, 1.82) is 0 Å². The predicted octanol–water partition coefficient (Wildman–Crippen LogP) is 0.372. The zero-order valence-corrected chi connectivity index (χ0v) is 10.9. The van der Waals surface area contributed by atoms with E-state index in [2.05, 4.69) is 10.3 Å². The molecule has 1 aliphatic heterocycles. The second-order valence-corrected chi connectivity index (χ2v) is 6.27. The van der Waals surface area contributed by atoms with Crippen molar-refractivity contribution in [2.75, 3.05) is 19.6 Å². The summed E-state index contributed by atoms with van der Waals surface area (Å²) < 4.78 is 26.1. The van der Waals surface area contributed by atoms with Gasteiger partial charge in [0, 0.05) is 31.9 Å². The van der Waals surface area contributed by atoms with Crippen molar-refractivity contribution in [3.8, 4) is 0 Å². The van der Waals surface area contributed by atoms with Crippen LogP contribution in [-0.2, 0) is 10.0 Å². The Balaban J connectivity index is 2.29. The molecule has 17 heavy (non-hydrogen) atoms. The van der Waals surface area contributed by atoms with Crippen molar-refractivity contribution >= 4 is 10.0 Å². The van der Waals surface area contributed by atoms with Gasteiger partial charge in [-0.25, -0.2) is 13.4 Å². The van der Waals surface area contributed by atoms with E-state index in [1.165, 1.54) is 10.5 Å². The number of aromatic nitrogens is 1. The van der Waals surface area contributed by atoms with Crippen LogP contribution in [0.15, 0.2) is 23.4 Å². The predicted molar refractivity (Wildman–Crippen MR) is 65.2 cm³/mol. The molecule has 0 aliphatic carbocycles. The molecule has 0 unspecified atom stereocenters. The molecule has 1 aliphatic rings. The molecule has 0 spiro atoms. The van der Waals surface area contributed by atoms with Gasteiger partial charge in [-0.05, 0) is 31.5 Å². The first-order valence-electron chi connectivity index (χ1n) is 5.66. The highest BCUT2D eigenvalue weighted by Gasteiger charge is 2.29. The maximum absolute atomic E-state index is 12.3. The molecule has 0 bridgehead atoms. The summed E-state index contributed by atoms with van der Waals surface area (Å²) >= 11 is 0. The van der Waals surface area contributed by atoms with Crippen LogP contribution in [0, 0.1) is 6.92 Å². The largest absolute Gasteiger partial charge is 0.312 e. The number of nitrogens with one attached hydrogen (secondary N) is 1. The van der Waals surface area contributed by atoms with E-state index in [-0.39, 0.29) is 11.1 Å². The Morgan fingerprint density at radius 3 is 2.94 bits per heavy atom. The van der Waals surface area contributed by atoms with Crippen LogP contribution in [0.2, 0.25) is 0 Å². The van der Waals surface area contributed by atoms with E-state index < -0.39 is 10.0 Å². The Kier molecular flexibility index (Phi) is 3.46. The third kappa shape index (κ3) is 2.65. The van der Waals surface area contributed by atoms with Crippen molar-refractivity contribution in [3.05, 3.63) is 23.9 Å². The molecule has 1 aromatic rings. The van der Waals surface area contributed by atoms with E-state index in [0.29, 0.717) is 19.6 Å². The Bertz CT molecular complexity index is 501. The van der Waals surface area contributed by atoms with Crippen LogP contribution < -0.4 is 5.32 Å². The number of pyridine rings is 1. The summed E-state index contributed by atoms with van der Waals surface area (Å²) in [6, 6.07) is 3.59. The first-order valence-corrected chi connectivity index (χ1v) is 7.10. The van der Waals surface area contributed by atoms with Gasteiger partial charge in [-0.3, -0.25) is 0 Å². The Morgan fingerprint density at radius 1 is 1.53 bits per heavy atom. The van der Waals surface area contributed by atoms with Gasteiger partial charge in [-0.15, -0.1) is 0 Å². The minimum absolute atomic E-state index is 0.145. The summed E-state index contributed by atoms with van der Waals surface area (Å²) in [6.07, 6.45) is 1.54. The lowest BCUT2D eigenvalue weighted by atomic mass is 10.3. The summed E-state index contributed by atoms with van der Waals surface area (Å²) in [5.74, 6) is 0. The van der Waals surface area contributed by atoms with Crippen molar-refractivity contribution in [2.45, 2.75) is 24.9 Å². The van der Waals surface area contributed by atoms with Crippen LogP contribution in [0.25, 0.3) is 0 Å². The topological polar surface area (TPSA) is 62.3 Å². The molecular formula is C11H17N3O2S. The number of hydrogen-bond acceptors (Lipinski definition) is 4. The first kappa shape index (κ1) is 12.5. The third-order valence-electron chi connectivity index (χ3n) is 2.83. The lowest BCUT2D eigenvalue weighted by molar-refractivity contribution is 0.309. The molecule has 6 heteroatoms. The van der Waals surface area contributed by atoms with Crippen LogP contribution in [0.4, 0.5) is 0 Å². The molecule has 94 valence electrons. The number of sulfonamides is 1. The summed E-state index contributed by atoms with van der Waals surface area (Å²) in [4.78, 5) is 3.96. The molecule has 2 rings (SSSR count). The smallest absolute Gasteiger partial charge is 0.260 e. The highest BCUT2D eigenvalue weighted by molar-refractivity contribution is 7.89. The third-order valence-corrected chi connectivity index (χ3v) is 4.59. The average Bonchev–Trinajstić information content (AvgIpc) is 2.29. The molecule has 0 amide bonds. The second kappa shape index (κ2) is 4.72. The second-order valence-electron chi connectivity index (χ2n) is 4.39. The normalized spacial score (nSPS) is 22.6. The number of nitrogens with zero attached hydrogens (tertiary/aromatic N) is 2.